The van der Waals surface area contributed by atoms with Crippen molar-refractivity contribution < 1.29 is 0 Å². The molecule has 108 valence electrons. The molecule has 0 aliphatic rings. The molecule has 2 rings (SSSR count). The fourth-order valence-electron chi connectivity index (χ4n) is 2.05. The van der Waals surface area contributed by atoms with E-state index >= 15 is 0 Å². The fraction of sp³-hybridized carbons (Fsp3) is 0.438. The van der Waals surface area contributed by atoms with E-state index in [1.807, 2.05) is 0 Å². The lowest BCUT2D eigenvalue weighted by Crippen LogP contribution is -2.17. The van der Waals surface area contributed by atoms with Crippen LogP contribution in [0.5, 0.6) is 0 Å². The van der Waals surface area contributed by atoms with Crippen molar-refractivity contribution in [2.24, 2.45) is 0 Å². The predicted molar refractivity (Wildman–Crippen MR) is 88.0 cm³/mol. The Morgan fingerprint density at radius 3 is 2.60 bits per heavy atom. The van der Waals surface area contributed by atoms with E-state index in [2.05, 4.69) is 60.6 Å². The van der Waals surface area contributed by atoms with Crippen molar-refractivity contribution in [1.29, 1.82) is 0 Å². The summed E-state index contributed by atoms with van der Waals surface area (Å²) in [5.74, 6) is 0. The molecule has 1 aromatic carbocycles. The quantitative estimate of drug-likeness (QED) is 0.778. The van der Waals surface area contributed by atoms with Gasteiger partial charge in [0.1, 0.15) is 0 Å². The first-order valence-corrected chi connectivity index (χ1v) is 8.12. The first-order chi connectivity index (χ1) is 9.74. The summed E-state index contributed by atoms with van der Waals surface area (Å²) in [5.41, 5.74) is 3.62. The highest BCUT2D eigenvalue weighted by Crippen LogP contribution is 2.28. The largest absolute Gasteiger partial charge is 0.318 e. The van der Waals surface area contributed by atoms with Gasteiger partial charge in [0.25, 0.3) is 0 Å². The van der Waals surface area contributed by atoms with Gasteiger partial charge in [-0.2, -0.15) is 0 Å². The summed E-state index contributed by atoms with van der Waals surface area (Å²) < 4.78 is 0. The van der Waals surface area contributed by atoms with Gasteiger partial charge in [-0.1, -0.05) is 24.6 Å². The lowest BCUT2D eigenvalue weighted by atomic mass is 10.2. The third kappa shape index (κ3) is 3.81. The van der Waals surface area contributed by atoms with Gasteiger partial charge in [-0.25, -0.2) is 4.98 Å². The molecule has 1 heterocycles. The van der Waals surface area contributed by atoms with Crippen molar-refractivity contribution in [3.63, 3.8) is 0 Å². The van der Waals surface area contributed by atoms with Gasteiger partial charge in [0.2, 0.25) is 0 Å². The van der Waals surface area contributed by atoms with E-state index in [1.165, 1.54) is 11.3 Å². The molecule has 0 amide bonds. The highest BCUT2D eigenvalue weighted by Gasteiger charge is 2.11. The first kappa shape index (κ1) is 15.0. The summed E-state index contributed by atoms with van der Waals surface area (Å²) >= 11 is 1.71. The Hall–Kier alpha value is -1.39. The second kappa shape index (κ2) is 7.41. The molecule has 1 N–H and O–H groups in total. The highest BCUT2D eigenvalue weighted by atomic mass is 32.1. The van der Waals surface area contributed by atoms with Gasteiger partial charge in [-0.15, -0.1) is 11.3 Å². The maximum Gasteiger partial charge on any atom is 0.190 e. The van der Waals surface area contributed by atoms with E-state index in [0.717, 1.165) is 36.9 Å². The van der Waals surface area contributed by atoms with Crippen molar-refractivity contribution in [2.45, 2.75) is 33.7 Å². The lowest BCUT2D eigenvalue weighted by molar-refractivity contribution is 0.666. The topological polar surface area (TPSA) is 28.2 Å². The molecular formula is C16H23N3S. The maximum absolute atomic E-state index is 4.73. The summed E-state index contributed by atoms with van der Waals surface area (Å²) in [5, 5.41) is 6.62. The van der Waals surface area contributed by atoms with Crippen LogP contribution in [0.4, 0.5) is 10.8 Å². The minimum Gasteiger partial charge on any atom is -0.318 e. The summed E-state index contributed by atoms with van der Waals surface area (Å²) in [6.45, 7) is 9.28. The van der Waals surface area contributed by atoms with E-state index in [4.69, 9.17) is 4.98 Å². The van der Waals surface area contributed by atoms with Crippen molar-refractivity contribution in [3.05, 3.63) is 40.9 Å². The molecule has 3 nitrogen and oxygen atoms in total. The Morgan fingerprint density at radius 1 is 1.20 bits per heavy atom. The van der Waals surface area contributed by atoms with E-state index in [9.17, 15) is 0 Å². The number of nitrogens with one attached hydrogen (secondary N) is 1. The zero-order valence-corrected chi connectivity index (χ0v) is 13.3. The van der Waals surface area contributed by atoms with Crippen molar-refractivity contribution in [1.82, 2.24) is 10.3 Å². The number of hydrogen-bond acceptors (Lipinski definition) is 4. The van der Waals surface area contributed by atoms with Crippen LogP contribution in [0.15, 0.2) is 29.6 Å². The van der Waals surface area contributed by atoms with Crippen LogP contribution in [0, 0.1) is 6.92 Å². The average Bonchev–Trinajstić information content (AvgIpc) is 2.91. The summed E-state index contributed by atoms with van der Waals surface area (Å²) in [6.07, 6.45) is 1.15. The summed E-state index contributed by atoms with van der Waals surface area (Å²) in [6, 6.07) is 8.62. The standard InChI is InChI=1S/C16H23N3S/c1-4-10-17-11-14-12-20-16(18-14)19(5-2)15-8-6-13(3)7-9-15/h6-9,12,17H,4-5,10-11H2,1-3H3. The Balaban J connectivity index is 2.09. The molecule has 0 aliphatic heterocycles. The fourth-order valence-corrected chi connectivity index (χ4v) is 2.96. The van der Waals surface area contributed by atoms with Gasteiger partial charge >= 0.3 is 0 Å². The molecule has 0 bridgehead atoms. The van der Waals surface area contributed by atoms with Crippen molar-refractivity contribution >= 4 is 22.2 Å². The maximum atomic E-state index is 4.73. The van der Waals surface area contributed by atoms with Crippen LogP contribution in [0.2, 0.25) is 0 Å². The SMILES string of the molecule is CCCNCc1csc(N(CC)c2ccc(C)cc2)n1. The monoisotopic (exact) mass is 289 g/mol. The molecule has 0 spiro atoms. The van der Waals surface area contributed by atoms with E-state index in [0.29, 0.717) is 0 Å². The van der Waals surface area contributed by atoms with E-state index in [1.54, 1.807) is 11.3 Å². The number of aryl methyl sites for hydroxylation is 1. The Labute approximate surface area is 125 Å². The van der Waals surface area contributed by atoms with E-state index < -0.39 is 0 Å². The number of nitrogens with zero attached hydrogens (tertiary/aromatic N) is 2. The van der Waals surface area contributed by atoms with Gasteiger partial charge < -0.3 is 10.2 Å². The molecule has 1 aromatic heterocycles. The number of thiazole rings is 1. The third-order valence-electron chi connectivity index (χ3n) is 3.17. The van der Waals surface area contributed by atoms with Crippen LogP contribution >= 0.6 is 11.3 Å². The molecule has 0 saturated heterocycles. The Bertz CT molecular complexity index is 519. The van der Waals surface area contributed by atoms with Crippen molar-refractivity contribution in [3.8, 4) is 0 Å². The molecule has 0 aliphatic carbocycles. The Morgan fingerprint density at radius 2 is 1.95 bits per heavy atom. The first-order valence-electron chi connectivity index (χ1n) is 7.24. The predicted octanol–water partition coefficient (Wildman–Crippen LogP) is 4.11. The van der Waals surface area contributed by atoms with Crippen LogP contribution in [0.25, 0.3) is 0 Å². The van der Waals surface area contributed by atoms with Crippen molar-refractivity contribution in [2.75, 3.05) is 18.0 Å². The van der Waals surface area contributed by atoms with Gasteiger partial charge in [-0.3, -0.25) is 0 Å². The zero-order chi connectivity index (χ0) is 14.4. The molecule has 2 aromatic rings. The smallest absolute Gasteiger partial charge is 0.190 e. The van der Waals surface area contributed by atoms with Gasteiger partial charge in [0, 0.05) is 24.2 Å². The molecule has 4 heteroatoms. The minimum absolute atomic E-state index is 0.857. The molecule has 0 radical (unpaired) electrons. The van der Waals surface area contributed by atoms with Gasteiger partial charge in [0.15, 0.2) is 5.13 Å². The van der Waals surface area contributed by atoms with Crippen LogP contribution in [0.1, 0.15) is 31.5 Å². The van der Waals surface area contributed by atoms with Crippen LogP contribution in [-0.4, -0.2) is 18.1 Å². The highest BCUT2D eigenvalue weighted by molar-refractivity contribution is 7.13. The lowest BCUT2D eigenvalue weighted by Gasteiger charge is -2.20. The summed E-state index contributed by atoms with van der Waals surface area (Å²) in [7, 11) is 0. The normalized spacial score (nSPS) is 10.8. The molecule has 0 atom stereocenters. The van der Waals surface area contributed by atoms with Gasteiger partial charge in [-0.05, 0) is 38.9 Å². The number of rotatable bonds is 7. The summed E-state index contributed by atoms with van der Waals surface area (Å²) in [4.78, 5) is 6.99. The van der Waals surface area contributed by atoms with Crippen LogP contribution < -0.4 is 10.2 Å². The van der Waals surface area contributed by atoms with Gasteiger partial charge in [0.05, 0.1) is 5.69 Å². The average molecular weight is 289 g/mol. The minimum atomic E-state index is 0.857. The van der Waals surface area contributed by atoms with Crippen LogP contribution in [0.3, 0.4) is 0 Å². The number of hydrogen-bond donors (Lipinski definition) is 1. The third-order valence-corrected chi connectivity index (χ3v) is 4.08. The zero-order valence-electron chi connectivity index (χ0n) is 12.5. The van der Waals surface area contributed by atoms with Crippen LogP contribution in [-0.2, 0) is 6.54 Å². The molecule has 0 fully saturated rings. The Kier molecular flexibility index (Phi) is 5.56. The number of benzene rings is 1. The van der Waals surface area contributed by atoms with E-state index in [-0.39, 0.29) is 0 Å². The second-order valence-electron chi connectivity index (χ2n) is 4.88. The molecule has 0 unspecified atom stereocenters. The molecule has 20 heavy (non-hydrogen) atoms. The number of anilines is 2. The molecule has 0 saturated carbocycles. The second-order valence-corrected chi connectivity index (χ2v) is 5.71. The number of aromatic nitrogens is 1. The molecular weight excluding hydrogens is 266 g/mol.